The van der Waals surface area contributed by atoms with Gasteiger partial charge in [-0.15, -0.1) is 0 Å². The van der Waals surface area contributed by atoms with Crippen LogP contribution in [0, 0.1) is 11.3 Å². The van der Waals surface area contributed by atoms with E-state index in [4.69, 9.17) is 10.4 Å². The van der Waals surface area contributed by atoms with Crippen LogP contribution >= 0.6 is 0 Å². The van der Waals surface area contributed by atoms with E-state index in [1.54, 1.807) is 24.3 Å². The summed E-state index contributed by atoms with van der Waals surface area (Å²) in [4.78, 5) is 10.2. The van der Waals surface area contributed by atoms with Crippen LogP contribution < -0.4 is 9.62 Å². The fraction of sp³-hybridized carbons (Fsp3) is 0.312. The van der Waals surface area contributed by atoms with Crippen LogP contribution in [0.3, 0.4) is 0 Å². The Morgan fingerprint density at radius 1 is 1.19 bits per heavy atom. The molecule has 0 radical (unpaired) electrons. The first kappa shape index (κ1) is 18.1. The first-order valence-corrected chi connectivity index (χ1v) is 9.41. The lowest BCUT2D eigenvalue weighted by atomic mass is 10.3. The second kappa shape index (κ2) is 7.65. The molecule has 1 aliphatic rings. The SMILES string of the molecule is N#Cc1ccc(N2CCN(S(=O)(=O)Nc3cccc(CO)n3)CC2)nc1. The zero-order valence-electron chi connectivity index (χ0n) is 13.9. The maximum Gasteiger partial charge on any atom is 0.302 e. The van der Waals surface area contributed by atoms with Crippen LogP contribution in [0.5, 0.6) is 0 Å². The van der Waals surface area contributed by atoms with Crippen molar-refractivity contribution >= 4 is 21.8 Å². The molecule has 0 aliphatic carbocycles. The molecule has 1 aliphatic heterocycles. The standard InChI is InChI=1S/C16H18N6O3S/c17-10-13-4-5-16(18-11-13)21-6-8-22(9-7-21)26(24,25)20-15-3-1-2-14(12-23)19-15/h1-5,11,23H,6-9,12H2,(H,19,20). The van der Waals surface area contributed by atoms with Gasteiger partial charge in [0, 0.05) is 32.4 Å². The highest BCUT2D eigenvalue weighted by Crippen LogP contribution is 2.17. The van der Waals surface area contributed by atoms with Crippen LogP contribution in [0.1, 0.15) is 11.3 Å². The number of piperazine rings is 1. The van der Waals surface area contributed by atoms with Gasteiger partial charge in [-0.2, -0.15) is 18.0 Å². The fourth-order valence-electron chi connectivity index (χ4n) is 2.62. The van der Waals surface area contributed by atoms with E-state index in [0.717, 1.165) is 0 Å². The summed E-state index contributed by atoms with van der Waals surface area (Å²) in [5, 5.41) is 17.9. The van der Waals surface area contributed by atoms with Gasteiger partial charge in [0.1, 0.15) is 17.7 Å². The van der Waals surface area contributed by atoms with E-state index >= 15 is 0 Å². The highest BCUT2D eigenvalue weighted by Gasteiger charge is 2.27. The third kappa shape index (κ3) is 4.08. The molecule has 0 unspecified atom stereocenters. The minimum absolute atomic E-state index is 0.174. The van der Waals surface area contributed by atoms with Crippen molar-refractivity contribution in [1.29, 1.82) is 5.26 Å². The second-order valence-corrected chi connectivity index (χ2v) is 7.35. The number of rotatable bonds is 5. The lowest BCUT2D eigenvalue weighted by molar-refractivity contribution is 0.277. The summed E-state index contributed by atoms with van der Waals surface area (Å²) in [7, 11) is -3.73. The molecule has 1 saturated heterocycles. The number of hydrogen-bond acceptors (Lipinski definition) is 7. The van der Waals surface area contributed by atoms with Gasteiger partial charge in [0.15, 0.2) is 0 Å². The molecular formula is C16H18N6O3S. The normalized spacial score (nSPS) is 15.5. The Morgan fingerprint density at radius 2 is 1.96 bits per heavy atom. The van der Waals surface area contributed by atoms with E-state index in [-0.39, 0.29) is 12.4 Å². The van der Waals surface area contributed by atoms with Crippen molar-refractivity contribution in [3.8, 4) is 6.07 Å². The number of nitrogens with one attached hydrogen (secondary N) is 1. The van der Waals surface area contributed by atoms with E-state index in [1.807, 2.05) is 11.0 Å². The Labute approximate surface area is 151 Å². The van der Waals surface area contributed by atoms with Gasteiger partial charge in [0.05, 0.1) is 17.9 Å². The minimum Gasteiger partial charge on any atom is -0.390 e. The molecule has 2 aromatic heterocycles. The van der Waals surface area contributed by atoms with E-state index in [0.29, 0.717) is 43.3 Å². The second-order valence-electron chi connectivity index (χ2n) is 5.68. The van der Waals surface area contributed by atoms with Crippen molar-refractivity contribution < 1.29 is 13.5 Å². The number of nitriles is 1. The average molecular weight is 374 g/mol. The van der Waals surface area contributed by atoms with Gasteiger partial charge < -0.3 is 10.0 Å². The van der Waals surface area contributed by atoms with Crippen molar-refractivity contribution in [2.45, 2.75) is 6.61 Å². The summed E-state index contributed by atoms with van der Waals surface area (Å²) in [5.74, 6) is 0.888. The molecule has 0 atom stereocenters. The quantitative estimate of drug-likeness (QED) is 0.773. The number of pyridine rings is 2. The zero-order valence-corrected chi connectivity index (χ0v) is 14.7. The molecule has 26 heavy (non-hydrogen) atoms. The van der Waals surface area contributed by atoms with E-state index in [2.05, 4.69) is 14.7 Å². The number of aliphatic hydroxyl groups excluding tert-OH is 1. The van der Waals surface area contributed by atoms with Gasteiger partial charge in [-0.1, -0.05) is 6.07 Å². The van der Waals surface area contributed by atoms with Crippen LogP contribution in [0.2, 0.25) is 0 Å². The van der Waals surface area contributed by atoms with Gasteiger partial charge in [0.25, 0.3) is 0 Å². The Kier molecular flexibility index (Phi) is 5.32. The third-order valence-electron chi connectivity index (χ3n) is 3.98. The summed E-state index contributed by atoms with van der Waals surface area (Å²) in [6, 6.07) is 10.2. The van der Waals surface area contributed by atoms with Gasteiger partial charge >= 0.3 is 10.2 Å². The number of nitrogens with zero attached hydrogens (tertiary/aromatic N) is 5. The smallest absolute Gasteiger partial charge is 0.302 e. The lowest BCUT2D eigenvalue weighted by Gasteiger charge is -2.34. The summed E-state index contributed by atoms with van der Waals surface area (Å²) >= 11 is 0. The highest BCUT2D eigenvalue weighted by atomic mass is 32.2. The summed E-state index contributed by atoms with van der Waals surface area (Å²) in [5.41, 5.74) is 0.874. The summed E-state index contributed by atoms with van der Waals surface area (Å²) in [6.45, 7) is 1.33. The zero-order chi connectivity index (χ0) is 18.6. The van der Waals surface area contributed by atoms with Crippen molar-refractivity contribution in [1.82, 2.24) is 14.3 Å². The summed E-state index contributed by atoms with van der Waals surface area (Å²) < 4.78 is 28.8. The molecule has 0 spiro atoms. The molecule has 2 N–H and O–H groups in total. The van der Waals surface area contributed by atoms with Crippen LogP contribution in [0.15, 0.2) is 36.5 Å². The number of aliphatic hydroxyl groups is 1. The molecular weight excluding hydrogens is 356 g/mol. The predicted octanol–water partition coefficient (Wildman–Crippen LogP) is 0.319. The van der Waals surface area contributed by atoms with Crippen molar-refractivity contribution in [3.63, 3.8) is 0 Å². The number of hydrogen-bond donors (Lipinski definition) is 2. The maximum atomic E-state index is 12.5. The molecule has 2 aromatic rings. The molecule has 3 rings (SSSR count). The Hall–Kier alpha value is -2.74. The first-order chi connectivity index (χ1) is 12.5. The lowest BCUT2D eigenvalue weighted by Crippen LogP contribution is -2.50. The average Bonchev–Trinajstić information content (AvgIpc) is 2.68. The monoisotopic (exact) mass is 374 g/mol. The van der Waals surface area contributed by atoms with E-state index < -0.39 is 10.2 Å². The Morgan fingerprint density at radius 3 is 2.58 bits per heavy atom. The molecule has 0 amide bonds. The van der Waals surface area contributed by atoms with Crippen molar-refractivity contribution in [2.24, 2.45) is 0 Å². The topological polar surface area (TPSA) is 122 Å². The Balaban J connectivity index is 1.63. The summed E-state index contributed by atoms with van der Waals surface area (Å²) in [6.07, 6.45) is 1.50. The van der Waals surface area contributed by atoms with Crippen molar-refractivity contribution in [2.75, 3.05) is 35.8 Å². The molecule has 136 valence electrons. The largest absolute Gasteiger partial charge is 0.390 e. The molecule has 9 nitrogen and oxygen atoms in total. The first-order valence-electron chi connectivity index (χ1n) is 7.97. The molecule has 1 fully saturated rings. The van der Waals surface area contributed by atoms with Gasteiger partial charge in [-0.05, 0) is 24.3 Å². The minimum atomic E-state index is -3.73. The maximum absolute atomic E-state index is 12.5. The van der Waals surface area contributed by atoms with E-state index in [9.17, 15) is 8.42 Å². The van der Waals surface area contributed by atoms with Crippen molar-refractivity contribution in [3.05, 3.63) is 47.8 Å². The third-order valence-corrected chi connectivity index (χ3v) is 5.49. The highest BCUT2D eigenvalue weighted by molar-refractivity contribution is 7.90. The van der Waals surface area contributed by atoms with Crippen LogP contribution in [-0.2, 0) is 16.8 Å². The predicted molar refractivity (Wildman–Crippen MR) is 95.4 cm³/mol. The van der Waals surface area contributed by atoms with Gasteiger partial charge in [-0.25, -0.2) is 9.97 Å². The van der Waals surface area contributed by atoms with Gasteiger partial charge in [-0.3, -0.25) is 4.72 Å². The molecule has 10 heteroatoms. The number of aromatic nitrogens is 2. The fourth-order valence-corrected chi connectivity index (χ4v) is 3.77. The van der Waals surface area contributed by atoms with Crippen LogP contribution in [0.4, 0.5) is 11.6 Å². The molecule has 3 heterocycles. The molecule has 0 saturated carbocycles. The van der Waals surface area contributed by atoms with E-state index in [1.165, 1.54) is 16.6 Å². The van der Waals surface area contributed by atoms with Gasteiger partial charge in [0.2, 0.25) is 0 Å². The van der Waals surface area contributed by atoms with Crippen LogP contribution in [-0.4, -0.2) is 54.0 Å². The molecule has 0 aromatic carbocycles. The molecule has 0 bridgehead atoms. The number of anilines is 2. The van der Waals surface area contributed by atoms with Crippen LogP contribution in [0.25, 0.3) is 0 Å². The Bertz CT molecular complexity index is 902.